The van der Waals surface area contributed by atoms with Crippen LogP contribution in [0.3, 0.4) is 0 Å². The standard InChI is InChI=1S/C19H26N6O/c1-15-20-8-12-25(15)18-16(5-4-7-21-18)13-22-19(26)24-11-6-17(14-24)23-9-2-3-10-23/h4-5,7-8,12,17H,2-3,6,9-11,13-14H2,1H3,(H,22,26). The number of likely N-dealkylation sites (tertiary alicyclic amines) is 2. The third kappa shape index (κ3) is 3.44. The Morgan fingerprint density at radius 1 is 1.23 bits per heavy atom. The molecule has 7 nitrogen and oxygen atoms in total. The molecule has 2 fully saturated rings. The summed E-state index contributed by atoms with van der Waals surface area (Å²) in [7, 11) is 0. The Labute approximate surface area is 154 Å². The highest BCUT2D eigenvalue weighted by atomic mass is 16.2. The van der Waals surface area contributed by atoms with Crippen LogP contribution in [0, 0.1) is 6.92 Å². The number of hydrogen-bond acceptors (Lipinski definition) is 4. The second kappa shape index (κ2) is 7.45. The summed E-state index contributed by atoms with van der Waals surface area (Å²) in [5.41, 5.74) is 0.984. The lowest BCUT2D eigenvalue weighted by molar-refractivity contribution is 0.198. The lowest BCUT2D eigenvalue weighted by atomic mass is 10.2. The van der Waals surface area contributed by atoms with Crippen molar-refractivity contribution in [1.29, 1.82) is 0 Å². The van der Waals surface area contributed by atoms with Crippen molar-refractivity contribution in [2.75, 3.05) is 26.2 Å². The molecule has 2 aromatic heterocycles. The molecule has 0 spiro atoms. The lowest BCUT2D eigenvalue weighted by Gasteiger charge is -2.23. The number of aromatic nitrogens is 3. The van der Waals surface area contributed by atoms with E-state index in [-0.39, 0.29) is 6.03 Å². The fourth-order valence-electron chi connectivity index (χ4n) is 4.00. The van der Waals surface area contributed by atoms with Gasteiger partial charge in [0.2, 0.25) is 0 Å². The van der Waals surface area contributed by atoms with Crippen LogP contribution >= 0.6 is 0 Å². The summed E-state index contributed by atoms with van der Waals surface area (Å²) in [4.78, 5) is 25.8. The van der Waals surface area contributed by atoms with Gasteiger partial charge < -0.3 is 10.2 Å². The maximum atomic E-state index is 12.6. The largest absolute Gasteiger partial charge is 0.334 e. The number of amides is 2. The van der Waals surface area contributed by atoms with Crippen LogP contribution in [-0.4, -0.2) is 62.6 Å². The van der Waals surface area contributed by atoms with Gasteiger partial charge in [0.15, 0.2) is 0 Å². The summed E-state index contributed by atoms with van der Waals surface area (Å²) in [6.07, 6.45) is 9.08. The predicted molar refractivity (Wildman–Crippen MR) is 99.1 cm³/mol. The number of nitrogens with zero attached hydrogens (tertiary/aromatic N) is 5. The van der Waals surface area contributed by atoms with Crippen molar-refractivity contribution >= 4 is 6.03 Å². The van der Waals surface area contributed by atoms with Crippen molar-refractivity contribution in [3.8, 4) is 5.82 Å². The molecule has 2 saturated heterocycles. The van der Waals surface area contributed by atoms with Crippen molar-refractivity contribution < 1.29 is 4.79 Å². The van der Waals surface area contributed by atoms with Crippen LogP contribution in [0.25, 0.3) is 5.82 Å². The molecule has 138 valence electrons. The molecule has 1 atom stereocenters. The fraction of sp³-hybridized carbons (Fsp3) is 0.526. The first-order chi connectivity index (χ1) is 12.7. The molecule has 4 heterocycles. The molecule has 2 aliphatic heterocycles. The molecule has 2 amide bonds. The number of imidazole rings is 1. The number of rotatable bonds is 4. The zero-order valence-corrected chi connectivity index (χ0v) is 15.3. The van der Waals surface area contributed by atoms with Gasteiger partial charge in [-0.05, 0) is 45.3 Å². The second-order valence-electron chi connectivity index (χ2n) is 7.12. The van der Waals surface area contributed by atoms with Crippen LogP contribution in [0.1, 0.15) is 30.7 Å². The Morgan fingerprint density at radius 2 is 2.08 bits per heavy atom. The third-order valence-corrected chi connectivity index (χ3v) is 5.46. The van der Waals surface area contributed by atoms with Crippen LogP contribution in [0.2, 0.25) is 0 Å². The number of carbonyl (C=O) groups excluding carboxylic acids is 1. The molecule has 1 unspecified atom stereocenters. The molecule has 7 heteroatoms. The van der Waals surface area contributed by atoms with Gasteiger partial charge in [-0.25, -0.2) is 14.8 Å². The minimum atomic E-state index is 0.0175. The maximum Gasteiger partial charge on any atom is 0.317 e. The van der Waals surface area contributed by atoms with Crippen LogP contribution in [0.15, 0.2) is 30.7 Å². The Morgan fingerprint density at radius 3 is 2.85 bits per heavy atom. The minimum absolute atomic E-state index is 0.0175. The number of nitrogens with one attached hydrogen (secondary N) is 1. The van der Waals surface area contributed by atoms with Gasteiger partial charge in [-0.2, -0.15) is 0 Å². The molecule has 1 N–H and O–H groups in total. The average Bonchev–Trinajstić information content (AvgIpc) is 3.40. The molecule has 0 aromatic carbocycles. The summed E-state index contributed by atoms with van der Waals surface area (Å²) in [5.74, 6) is 1.70. The third-order valence-electron chi connectivity index (χ3n) is 5.46. The summed E-state index contributed by atoms with van der Waals surface area (Å²) in [6.45, 7) is 6.46. The molecule has 2 aliphatic rings. The van der Waals surface area contributed by atoms with E-state index in [0.717, 1.165) is 36.7 Å². The number of pyridine rings is 1. The van der Waals surface area contributed by atoms with Gasteiger partial charge in [0, 0.05) is 49.8 Å². The van der Waals surface area contributed by atoms with Gasteiger partial charge in [0.1, 0.15) is 11.6 Å². The monoisotopic (exact) mass is 354 g/mol. The number of carbonyl (C=O) groups is 1. The number of aryl methyl sites for hydroxylation is 1. The number of urea groups is 1. The Kier molecular flexibility index (Phi) is 4.88. The zero-order chi connectivity index (χ0) is 17.9. The molecule has 0 radical (unpaired) electrons. The van der Waals surface area contributed by atoms with E-state index in [0.29, 0.717) is 12.6 Å². The van der Waals surface area contributed by atoms with Gasteiger partial charge >= 0.3 is 6.03 Å². The maximum absolute atomic E-state index is 12.6. The van der Waals surface area contributed by atoms with Gasteiger partial charge in [0.25, 0.3) is 0 Å². The van der Waals surface area contributed by atoms with Crippen molar-refractivity contribution in [1.82, 2.24) is 29.7 Å². The van der Waals surface area contributed by atoms with E-state index < -0.39 is 0 Å². The van der Waals surface area contributed by atoms with Gasteiger partial charge in [-0.3, -0.25) is 9.47 Å². The summed E-state index contributed by atoms with van der Waals surface area (Å²) in [5, 5.41) is 3.07. The summed E-state index contributed by atoms with van der Waals surface area (Å²) >= 11 is 0. The van der Waals surface area contributed by atoms with Crippen LogP contribution in [-0.2, 0) is 6.54 Å². The van der Waals surface area contributed by atoms with E-state index in [1.165, 1.54) is 25.9 Å². The molecule has 0 saturated carbocycles. The van der Waals surface area contributed by atoms with Crippen LogP contribution < -0.4 is 5.32 Å². The smallest absolute Gasteiger partial charge is 0.317 e. The SMILES string of the molecule is Cc1nccn1-c1ncccc1CNC(=O)N1CCC(N2CCCC2)C1. The Hall–Kier alpha value is -2.41. The van der Waals surface area contributed by atoms with Gasteiger partial charge in [0.05, 0.1) is 0 Å². The quantitative estimate of drug-likeness (QED) is 0.911. The van der Waals surface area contributed by atoms with Gasteiger partial charge in [-0.1, -0.05) is 6.07 Å². The van der Waals surface area contributed by atoms with Crippen molar-refractivity contribution in [3.05, 3.63) is 42.1 Å². The van der Waals surface area contributed by atoms with E-state index in [2.05, 4.69) is 20.2 Å². The second-order valence-corrected chi connectivity index (χ2v) is 7.12. The molecular formula is C19H26N6O. The Bertz CT molecular complexity index is 767. The molecular weight excluding hydrogens is 328 g/mol. The molecule has 4 rings (SSSR count). The van der Waals surface area contributed by atoms with Crippen molar-refractivity contribution in [2.24, 2.45) is 0 Å². The van der Waals surface area contributed by atoms with E-state index in [1.807, 2.05) is 34.7 Å². The summed E-state index contributed by atoms with van der Waals surface area (Å²) in [6, 6.07) is 4.45. The summed E-state index contributed by atoms with van der Waals surface area (Å²) < 4.78 is 1.95. The molecule has 26 heavy (non-hydrogen) atoms. The first-order valence-corrected chi connectivity index (χ1v) is 9.43. The number of hydrogen-bond donors (Lipinski definition) is 1. The van der Waals surface area contributed by atoms with Crippen LogP contribution in [0.5, 0.6) is 0 Å². The highest BCUT2D eigenvalue weighted by Gasteiger charge is 2.31. The van der Waals surface area contributed by atoms with Crippen LogP contribution in [0.4, 0.5) is 4.79 Å². The van der Waals surface area contributed by atoms with Crippen molar-refractivity contribution in [2.45, 2.75) is 38.8 Å². The molecule has 0 bridgehead atoms. The van der Waals surface area contributed by atoms with E-state index in [9.17, 15) is 4.79 Å². The first kappa shape index (κ1) is 17.0. The normalized spacial score (nSPS) is 20.7. The highest BCUT2D eigenvalue weighted by molar-refractivity contribution is 5.74. The van der Waals surface area contributed by atoms with E-state index >= 15 is 0 Å². The van der Waals surface area contributed by atoms with Gasteiger partial charge in [-0.15, -0.1) is 0 Å². The highest BCUT2D eigenvalue weighted by Crippen LogP contribution is 2.20. The first-order valence-electron chi connectivity index (χ1n) is 9.43. The average molecular weight is 354 g/mol. The molecule has 0 aliphatic carbocycles. The van der Waals surface area contributed by atoms with E-state index in [4.69, 9.17) is 0 Å². The topological polar surface area (TPSA) is 66.3 Å². The predicted octanol–water partition coefficient (Wildman–Crippen LogP) is 1.96. The fourth-order valence-corrected chi connectivity index (χ4v) is 4.00. The lowest BCUT2D eigenvalue weighted by Crippen LogP contribution is -2.41. The van der Waals surface area contributed by atoms with E-state index in [1.54, 1.807) is 12.4 Å². The van der Waals surface area contributed by atoms with Crippen molar-refractivity contribution in [3.63, 3.8) is 0 Å². The zero-order valence-electron chi connectivity index (χ0n) is 15.3. The Balaban J connectivity index is 1.37. The molecule has 2 aromatic rings. The minimum Gasteiger partial charge on any atom is -0.334 e.